The summed E-state index contributed by atoms with van der Waals surface area (Å²) in [5, 5.41) is 3.52. The SMILES string of the molecule is COCC(C)(C)NCc1cc(C)n(C)c1C. The van der Waals surface area contributed by atoms with Crippen LogP contribution in [-0.2, 0) is 18.3 Å². The van der Waals surface area contributed by atoms with E-state index in [4.69, 9.17) is 4.74 Å². The zero-order valence-electron chi connectivity index (χ0n) is 11.3. The molecule has 0 unspecified atom stereocenters. The third-order valence-electron chi connectivity index (χ3n) is 3.14. The smallest absolute Gasteiger partial charge is 0.0639 e. The Morgan fingerprint density at radius 3 is 2.44 bits per heavy atom. The van der Waals surface area contributed by atoms with Crippen LogP contribution >= 0.6 is 0 Å². The van der Waals surface area contributed by atoms with E-state index in [0.29, 0.717) is 0 Å². The largest absolute Gasteiger partial charge is 0.383 e. The molecular formula is C13H24N2O. The van der Waals surface area contributed by atoms with Gasteiger partial charge in [-0.1, -0.05) is 0 Å². The molecule has 3 heteroatoms. The maximum atomic E-state index is 5.19. The van der Waals surface area contributed by atoms with E-state index in [0.717, 1.165) is 13.2 Å². The van der Waals surface area contributed by atoms with Crippen molar-refractivity contribution in [3.63, 3.8) is 0 Å². The summed E-state index contributed by atoms with van der Waals surface area (Å²) in [7, 11) is 3.84. The molecule has 0 saturated heterocycles. The minimum atomic E-state index is 0.0188. The van der Waals surface area contributed by atoms with E-state index in [-0.39, 0.29) is 5.54 Å². The molecule has 0 saturated carbocycles. The van der Waals surface area contributed by atoms with Crippen LogP contribution in [-0.4, -0.2) is 23.8 Å². The highest BCUT2D eigenvalue weighted by molar-refractivity contribution is 5.26. The van der Waals surface area contributed by atoms with E-state index in [9.17, 15) is 0 Å². The van der Waals surface area contributed by atoms with Crippen molar-refractivity contribution in [2.24, 2.45) is 7.05 Å². The zero-order chi connectivity index (χ0) is 12.3. The number of rotatable bonds is 5. The van der Waals surface area contributed by atoms with Crippen LogP contribution in [0.15, 0.2) is 6.07 Å². The van der Waals surface area contributed by atoms with Crippen LogP contribution in [0.1, 0.15) is 30.8 Å². The van der Waals surface area contributed by atoms with Gasteiger partial charge in [0.15, 0.2) is 0 Å². The first kappa shape index (κ1) is 13.3. The number of aromatic nitrogens is 1. The molecule has 0 amide bonds. The van der Waals surface area contributed by atoms with Gasteiger partial charge in [0.1, 0.15) is 0 Å². The molecule has 1 N–H and O–H groups in total. The molecule has 1 heterocycles. The fraction of sp³-hybridized carbons (Fsp3) is 0.692. The predicted octanol–water partition coefficient (Wildman–Crippen LogP) is 2.16. The fourth-order valence-electron chi connectivity index (χ4n) is 1.86. The van der Waals surface area contributed by atoms with E-state index in [1.807, 2.05) is 0 Å². The molecule has 0 spiro atoms. The molecule has 0 aliphatic heterocycles. The first-order valence-electron chi connectivity index (χ1n) is 5.73. The van der Waals surface area contributed by atoms with Gasteiger partial charge in [-0.25, -0.2) is 0 Å². The minimum absolute atomic E-state index is 0.0188. The van der Waals surface area contributed by atoms with Gasteiger partial charge in [-0.2, -0.15) is 0 Å². The summed E-state index contributed by atoms with van der Waals surface area (Å²) in [6.07, 6.45) is 0. The van der Waals surface area contributed by atoms with Gasteiger partial charge in [0, 0.05) is 37.6 Å². The van der Waals surface area contributed by atoms with E-state index in [2.05, 4.69) is 50.7 Å². The highest BCUT2D eigenvalue weighted by atomic mass is 16.5. The first-order chi connectivity index (χ1) is 7.37. The monoisotopic (exact) mass is 224 g/mol. The Hall–Kier alpha value is -0.800. The lowest BCUT2D eigenvalue weighted by Crippen LogP contribution is -2.42. The van der Waals surface area contributed by atoms with Gasteiger partial charge in [0.25, 0.3) is 0 Å². The van der Waals surface area contributed by atoms with E-state index in [1.165, 1.54) is 17.0 Å². The second kappa shape index (κ2) is 5.02. The Labute approximate surface area is 98.8 Å². The summed E-state index contributed by atoms with van der Waals surface area (Å²) < 4.78 is 7.41. The Balaban J connectivity index is 2.64. The fourth-order valence-corrected chi connectivity index (χ4v) is 1.86. The maximum absolute atomic E-state index is 5.19. The summed E-state index contributed by atoms with van der Waals surface area (Å²) in [5.41, 5.74) is 4.02. The normalized spacial score (nSPS) is 12.1. The van der Waals surface area contributed by atoms with Crippen LogP contribution in [0.3, 0.4) is 0 Å². The van der Waals surface area contributed by atoms with Crippen molar-refractivity contribution in [1.82, 2.24) is 9.88 Å². The van der Waals surface area contributed by atoms with Crippen molar-refractivity contribution in [3.05, 3.63) is 23.0 Å². The third kappa shape index (κ3) is 3.09. The van der Waals surface area contributed by atoms with Gasteiger partial charge in [-0.3, -0.25) is 0 Å². The topological polar surface area (TPSA) is 26.2 Å². The molecule has 0 aliphatic carbocycles. The van der Waals surface area contributed by atoms with Gasteiger partial charge in [-0.15, -0.1) is 0 Å². The highest BCUT2D eigenvalue weighted by Crippen LogP contribution is 2.14. The van der Waals surface area contributed by atoms with Crippen molar-refractivity contribution in [1.29, 1.82) is 0 Å². The second-order valence-electron chi connectivity index (χ2n) is 5.13. The number of nitrogens with one attached hydrogen (secondary N) is 1. The molecule has 3 nitrogen and oxygen atoms in total. The average molecular weight is 224 g/mol. The molecule has 0 bridgehead atoms. The Morgan fingerprint density at radius 1 is 1.38 bits per heavy atom. The van der Waals surface area contributed by atoms with Gasteiger partial charge >= 0.3 is 0 Å². The first-order valence-corrected chi connectivity index (χ1v) is 5.73. The number of methoxy groups -OCH3 is 1. The number of hydrogen-bond acceptors (Lipinski definition) is 2. The quantitative estimate of drug-likeness (QED) is 0.829. The van der Waals surface area contributed by atoms with Crippen LogP contribution in [0.2, 0.25) is 0 Å². The van der Waals surface area contributed by atoms with Crippen LogP contribution in [0.25, 0.3) is 0 Å². The van der Waals surface area contributed by atoms with Crippen molar-refractivity contribution < 1.29 is 4.74 Å². The van der Waals surface area contributed by atoms with Crippen LogP contribution in [0, 0.1) is 13.8 Å². The van der Waals surface area contributed by atoms with Gasteiger partial charge in [0.2, 0.25) is 0 Å². The molecule has 1 rings (SSSR count). The summed E-state index contributed by atoms with van der Waals surface area (Å²) in [5.74, 6) is 0. The van der Waals surface area contributed by atoms with Crippen molar-refractivity contribution in [2.75, 3.05) is 13.7 Å². The third-order valence-corrected chi connectivity index (χ3v) is 3.14. The molecule has 0 radical (unpaired) electrons. The highest BCUT2D eigenvalue weighted by Gasteiger charge is 2.17. The number of ether oxygens (including phenoxy) is 1. The number of hydrogen-bond donors (Lipinski definition) is 1. The zero-order valence-corrected chi connectivity index (χ0v) is 11.3. The maximum Gasteiger partial charge on any atom is 0.0639 e. The summed E-state index contributed by atoms with van der Waals surface area (Å²) >= 11 is 0. The molecule has 16 heavy (non-hydrogen) atoms. The average Bonchev–Trinajstić information content (AvgIpc) is 2.43. The lowest BCUT2D eigenvalue weighted by molar-refractivity contribution is 0.127. The molecular weight excluding hydrogens is 200 g/mol. The Morgan fingerprint density at radius 2 is 2.00 bits per heavy atom. The second-order valence-corrected chi connectivity index (χ2v) is 5.13. The Bertz CT molecular complexity index is 353. The number of nitrogens with zero attached hydrogens (tertiary/aromatic N) is 1. The molecule has 1 aromatic rings. The summed E-state index contributed by atoms with van der Waals surface area (Å²) in [6, 6.07) is 2.24. The van der Waals surface area contributed by atoms with E-state index < -0.39 is 0 Å². The number of aryl methyl sites for hydroxylation is 1. The van der Waals surface area contributed by atoms with Gasteiger partial charge in [-0.05, 0) is 39.3 Å². The van der Waals surface area contributed by atoms with Gasteiger partial charge in [0.05, 0.1) is 6.61 Å². The van der Waals surface area contributed by atoms with Crippen molar-refractivity contribution >= 4 is 0 Å². The van der Waals surface area contributed by atoms with Crippen molar-refractivity contribution in [3.8, 4) is 0 Å². The molecule has 0 atom stereocenters. The predicted molar refractivity (Wildman–Crippen MR) is 67.7 cm³/mol. The van der Waals surface area contributed by atoms with Crippen LogP contribution in [0.5, 0.6) is 0 Å². The van der Waals surface area contributed by atoms with Gasteiger partial charge < -0.3 is 14.6 Å². The molecule has 0 fully saturated rings. The summed E-state index contributed by atoms with van der Waals surface area (Å²) in [4.78, 5) is 0. The van der Waals surface area contributed by atoms with Crippen LogP contribution < -0.4 is 5.32 Å². The summed E-state index contributed by atoms with van der Waals surface area (Å²) in [6.45, 7) is 10.2. The van der Waals surface area contributed by atoms with E-state index >= 15 is 0 Å². The lowest BCUT2D eigenvalue weighted by atomic mass is 10.1. The molecule has 92 valence electrons. The molecule has 0 aromatic carbocycles. The van der Waals surface area contributed by atoms with E-state index in [1.54, 1.807) is 7.11 Å². The van der Waals surface area contributed by atoms with Crippen molar-refractivity contribution in [2.45, 2.75) is 39.8 Å². The van der Waals surface area contributed by atoms with Crippen LogP contribution in [0.4, 0.5) is 0 Å². The minimum Gasteiger partial charge on any atom is -0.383 e. The Kier molecular flexibility index (Phi) is 4.16. The standard InChI is InChI=1S/C13H24N2O/c1-10-7-12(11(2)15(10)5)8-14-13(3,4)9-16-6/h7,14H,8-9H2,1-6H3. The molecule has 1 aromatic heterocycles. The molecule has 0 aliphatic rings. The lowest BCUT2D eigenvalue weighted by Gasteiger charge is -2.25.